The molecule has 108 valence electrons. The van der Waals surface area contributed by atoms with Crippen molar-refractivity contribution in [1.29, 1.82) is 0 Å². The molecule has 0 saturated carbocycles. The number of methoxy groups -OCH3 is 2. The predicted molar refractivity (Wildman–Crippen MR) is 76.9 cm³/mol. The van der Waals surface area contributed by atoms with Gasteiger partial charge in [-0.1, -0.05) is 13.3 Å². The monoisotopic (exact) mass is 268 g/mol. The van der Waals surface area contributed by atoms with Crippen LogP contribution in [0, 0.1) is 0 Å². The highest BCUT2D eigenvalue weighted by Crippen LogP contribution is 2.29. The van der Waals surface area contributed by atoms with E-state index < -0.39 is 0 Å². The fourth-order valence-electron chi connectivity index (χ4n) is 1.90. The van der Waals surface area contributed by atoms with Gasteiger partial charge >= 0.3 is 0 Å². The average molecular weight is 268 g/mol. The molecular weight excluding hydrogens is 244 g/mol. The van der Waals surface area contributed by atoms with Crippen LogP contribution in [0.1, 0.15) is 26.7 Å². The van der Waals surface area contributed by atoms with Crippen LogP contribution < -0.4 is 15.4 Å². The molecule has 0 aliphatic rings. The highest BCUT2D eigenvalue weighted by Gasteiger charge is 2.15. The molecule has 0 aromatic carbocycles. The predicted octanol–water partition coefficient (Wildman–Crippen LogP) is 2.14. The topological polar surface area (TPSA) is 68.3 Å². The molecule has 6 nitrogen and oxygen atoms in total. The third-order valence-electron chi connectivity index (χ3n) is 2.70. The summed E-state index contributed by atoms with van der Waals surface area (Å²) in [6.45, 7) is 5.58. The number of nitrogens with zero attached hydrogens (tertiary/aromatic N) is 2. The zero-order valence-corrected chi connectivity index (χ0v) is 12.2. The Bertz CT molecular complexity index is 368. The number of rotatable bonds is 9. The molecule has 1 aromatic rings. The summed E-state index contributed by atoms with van der Waals surface area (Å²) in [5.41, 5.74) is 0. The number of hydrogen-bond acceptors (Lipinski definition) is 6. The summed E-state index contributed by atoms with van der Waals surface area (Å²) in [6, 6.07) is 0.216. The third kappa shape index (κ3) is 4.55. The van der Waals surface area contributed by atoms with E-state index >= 15 is 0 Å². The molecule has 0 fully saturated rings. The van der Waals surface area contributed by atoms with Crippen molar-refractivity contribution in [3.05, 3.63) is 6.33 Å². The van der Waals surface area contributed by atoms with Gasteiger partial charge in [-0.2, -0.15) is 0 Å². The lowest BCUT2D eigenvalue weighted by Crippen LogP contribution is -2.25. The quantitative estimate of drug-likeness (QED) is 0.715. The van der Waals surface area contributed by atoms with Gasteiger partial charge < -0.3 is 20.1 Å². The van der Waals surface area contributed by atoms with Crippen LogP contribution in [0.25, 0.3) is 0 Å². The number of ether oxygens (including phenoxy) is 2. The van der Waals surface area contributed by atoms with Gasteiger partial charge in [-0.3, -0.25) is 0 Å². The maximum Gasteiger partial charge on any atom is 0.204 e. The highest BCUT2D eigenvalue weighted by molar-refractivity contribution is 5.63. The van der Waals surface area contributed by atoms with E-state index in [1.54, 1.807) is 14.2 Å². The number of aromatic nitrogens is 2. The van der Waals surface area contributed by atoms with Crippen LogP contribution in [-0.2, 0) is 4.74 Å². The van der Waals surface area contributed by atoms with E-state index in [9.17, 15) is 0 Å². The van der Waals surface area contributed by atoms with Crippen LogP contribution in [-0.4, -0.2) is 43.4 Å². The Hall–Kier alpha value is -1.56. The van der Waals surface area contributed by atoms with Crippen molar-refractivity contribution in [3.63, 3.8) is 0 Å². The average Bonchev–Trinajstić information content (AvgIpc) is 2.40. The van der Waals surface area contributed by atoms with Gasteiger partial charge in [-0.25, -0.2) is 9.97 Å². The van der Waals surface area contributed by atoms with Crippen LogP contribution in [0.3, 0.4) is 0 Å². The van der Waals surface area contributed by atoms with Gasteiger partial charge in [-0.05, 0) is 13.3 Å². The molecule has 0 spiro atoms. The van der Waals surface area contributed by atoms with E-state index in [-0.39, 0.29) is 6.04 Å². The molecule has 0 saturated heterocycles. The van der Waals surface area contributed by atoms with Gasteiger partial charge in [0.05, 0.1) is 19.8 Å². The minimum Gasteiger partial charge on any atom is -0.490 e. The van der Waals surface area contributed by atoms with Crippen LogP contribution in [0.15, 0.2) is 6.33 Å². The fraction of sp³-hybridized carbons (Fsp3) is 0.692. The number of anilines is 2. The second-order valence-electron chi connectivity index (χ2n) is 4.22. The summed E-state index contributed by atoms with van der Waals surface area (Å²) in [5, 5.41) is 6.52. The molecule has 0 aliphatic heterocycles. The maximum absolute atomic E-state index is 5.40. The highest BCUT2D eigenvalue weighted by atomic mass is 16.5. The van der Waals surface area contributed by atoms with Crippen molar-refractivity contribution in [2.75, 3.05) is 38.0 Å². The van der Waals surface area contributed by atoms with Gasteiger partial charge in [0.15, 0.2) is 11.6 Å². The normalized spacial score (nSPS) is 12.0. The van der Waals surface area contributed by atoms with Crippen molar-refractivity contribution >= 4 is 11.6 Å². The van der Waals surface area contributed by atoms with E-state index in [1.807, 2.05) is 6.92 Å². The molecule has 19 heavy (non-hydrogen) atoms. The molecule has 1 heterocycles. The molecule has 1 atom stereocenters. The lowest BCUT2D eigenvalue weighted by molar-refractivity contribution is 0.182. The lowest BCUT2D eigenvalue weighted by atomic mass is 10.2. The van der Waals surface area contributed by atoms with Crippen molar-refractivity contribution in [1.82, 2.24) is 9.97 Å². The largest absolute Gasteiger partial charge is 0.490 e. The first kappa shape index (κ1) is 15.5. The smallest absolute Gasteiger partial charge is 0.204 e. The second-order valence-corrected chi connectivity index (χ2v) is 4.22. The van der Waals surface area contributed by atoms with E-state index in [2.05, 4.69) is 27.5 Å². The van der Waals surface area contributed by atoms with E-state index in [0.717, 1.165) is 19.4 Å². The van der Waals surface area contributed by atoms with Gasteiger partial charge in [0.2, 0.25) is 5.75 Å². The van der Waals surface area contributed by atoms with Gasteiger partial charge in [0, 0.05) is 13.7 Å². The number of hydrogen-bond donors (Lipinski definition) is 2. The van der Waals surface area contributed by atoms with Crippen molar-refractivity contribution in [3.8, 4) is 5.75 Å². The van der Waals surface area contributed by atoms with E-state index in [0.29, 0.717) is 24.0 Å². The van der Waals surface area contributed by atoms with Gasteiger partial charge in [-0.15, -0.1) is 0 Å². The SMILES string of the molecule is CCCC(COC)Nc1ncnc(NCC)c1OC. The summed E-state index contributed by atoms with van der Waals surface area (Å²) in [6.07, 6.45) is 3.62. The molecule has 0 radical (unpaired) electrons. The Kier molecular flexibility index (Phi) is 6.95. The minimum atomic E-state index is 0.216. The first-order valence-corrected chi connectivity index (χ1v) is 6.65. The Morgan fingerprint density at radius 2 is 1.95 bits per heavy atom. The number of nitrogens with one attached hydrogen (secondary N) is 2. The van der Waals surface area contributed by atoms with Crippen LogP contribution in [0.4, 0.5) is 11.6 Å². The zero-order valence-electron chi connectivity index (χ0n) is 12.2. The zero-order chi connectivity index (χ0) is 14.1. The molecule has 0 bridgehead atoms. The van der Waals surface area contributed by atoms with Crippen molar-refractivity contribution < 1.29 is 9.47 Å². The van der Waals surface area contributed by atoms with Crippen molar-refractivity contribution in [2.45, 2.75) is 32.7 Å². The van der Waals surface area contributed by atoms with Gasteiger partial charge in [0.25, 0.3) is 0 Å². The Morgan fingerprint density at radius 1 is 1.21 bits per heavy atom. The summed E-state index contributed by atoms with van der Waals surface area (Å²) >= 11 is 0. The van der Waals surface area contributed by atoms with Crippen LogP contribution >= 0.6 is 0 Å². The third-order valence-corrected chi connectivity index (χ3v) is 2.70. The molecule has 2 N–H and O–H groups in total. The summed E-state index contributed by atoms with van der Waals surface area (Å²) in [7, 11) is 3.32. The summed E-state index contributed by atoms with van der Waals surface area (Å²) in [4.78, 5) is 8.43. The Labute approximate surface area is 114 Å². The molecular formula is C13H24N4O2. The van der Waals surface area contributed by atoms with Gasteiger partial charge in [0.1, 0.15) is 6.33 Å². The molecule has 1 aromatic heterocycles. The first-order chi connectivity index (χ1) is 9.26. The standard InChI is InChI=1S/C13H24N4O2/c1-5-7-10(8-18-3)17-13-11(19-4)12(14-6-2)15-9-16-13/h9-10H,5-8H2,1-4H3,(H2,14,15,16,17). The molecule has 6 heteroatoms. The Morgan fingerprint density at radius 3 is 2.53 bits per heavy atom. The van der Waals surface area contributed by atoms with E-state index in [1.165, 1.54) is 6.33 Å². The Balaban J connectivity index is 2.88. The molecule has 0 amide bonds. The molecule has 1 unspecified atom stereocenters. The lowest BCUT2D eigenvalue weighted by Gasteiger charge is -2.20. The fourth-order valence-corrected chi connectivity index (χ4v) is 1.90. The van der Waals surface area contributed by atoms with Crippen molar-refractivity contribution in [2.24, 2.45) is 0 Å². The maximum atomic E-state index is 5.40. The minimum absolute atomic E-state index is 0.216. The van der Waals surface area contributed by atoms with Crippen LogP contribution in [0.5, 0.6) is 5.75 Å². The molecule has 0 aliphatic carbocycles. The van der Waals surface area contributed by atoms with Crippen LogP contribution in [0.2, 0.25) is 0 Å². The summed E-state index contributed by atoms with van der Waals surface area (Å²) < 4.78 is 10.6. The second kappa shape index (κ2) is 8.53. The van der Waals surface area contributed by atoms with E-state index in [4.69, 9.17) is 9.47 Å². The molecule has 1 rings (SSSR count). The summed E-state index contributed by atoms with van der Waals surface area (Å²) in [5.74, 6) is 2.04. The first-order valence-electron chi connectivity index (χ1n) is 6.65.